The van der Waals surface area contributed by atoms with Gasteiger partial charge in [0.1, 0.15) is 4.21 Å². The Labute approximate surface area is 132 Å². The van der Waals surface area contributed by atoms with Crippen molar-refractivity contribution in [1.29, 1.82) is 0 Å². The van der Waals surface area contributed by atoms with E-state index in [-0.39, 0.29) is 11.5 Å². The summed E-state index contributed by atoms with van der Waals surface area (Å²) in [7, 11) is 0. The molecule has 0 bridgehead atoms. The lowest BCUT2D eigenvalue weighted by Gasteiger charge is -2.02. The fourth-order valence-corrected chi connectivity index (χ4v) is 4.11. The third kappa shape index (κ3) is 3.32. The second-order valence-corrected chi connectivity index (χ2v) is 6.98. The van der Waals surface area contributed by atoms with Gasteiger partial charge in [-0.2, -0.15) is 0 Å². The fraction of sp³-hybridized carbons (Fsp3) is 0.0833. The minimum absolute atomic E-state index is 0.0961. The first-order valence-corrected chi connectivity index (χ1v) is 7.69. The van der Waals surface area contributed by atoms with Gasteiger partial charge < -0.3 is 0 Å². The van der Waals surface area contributed by atoms with Gasteiger partial charge in [-0.1, -0.05) is 35.0 Å². The number of ketones is 1. The fourth-order valence-electron chi connectivity index (χ4n) is 1.39. The molecule has 1 heterocycles. The van der Waals surface area contributed by atoms with Gasteiger partial charge in [-0.25, -0.2) is 0 Å². The second kappa shape index (κ2) is 6.13. The summed E-state index contributed by atoms with van der Waals surface area (Å²) in [5, 5.41) is 12.0. The monoisotopic (exact) mass is 347 g/mol. The van der Waals surface area contributed by atoms with Crippen LogP contribution in [0, 0.1) is 10.1 Å². The first-order valence-electron chi connectivity index (χ1n) is 5.30. The molecule has 4 nitrogen and oxygen atoms in total. The molecular formula is C12H7Cl2NO3S2. The van der Waals surface area contributed by atoms with Crippen molar-refractivity contribution in [2.45, 2.75) is 16.0 Å². The van der Waals surface area contributed by atoms with Crippen LogP contribution < -0.4 is 0 Å². The molecule has 20 heavy (non-hydrogen) atoms. The van der Waals surface area contributed by atoms with E-state index in [9.17, 15) is 14.9 Å². The molecule has 0 N–H and O–H groups in total. The van der Waals surface area contributed by atoms with E-state index < -0.39 is 4.92 Å². The van der Waals surface area contributed by atoms with Crippen LogP contribution in [0.2, 0.25) is 10.0 Å². The zero-order valence-electron chi connectivity index (χ0n) is 10.1. The first-order chi connectivity index (χ1) is 9.38. The highest BCUT2D eigenvalue weighted by Gasteiger charge is 2.22. The third-order valence-electron chi connectivity index (χ3n) is 2.32. The Morgan fingerprint density at radius 3 is 2.65 bits per heavy atom. The topological polar surface area (TPSA) is 60.2 Å². The van der Waals surface area contributed by atoms with E-state index in [2.05, 4.69) is 0 Å². The van der Waals surface area contributed by atoms with Gasteiger partial charge in [-0.3, -0.25) is 14.9 Å². The summed E-state index contributed by atoms with van der Waals surface area (Å²) in [5.41, 5.74) is -0.0961. The molecule has 0 saturated carbocycles. The number of halogens is 2. The number of rotatable bonds is 4. The van der Waals surface area contributed by atoms with Gasteiger partial charge in [0.2, 0.25) is 0 Å². The summed E-state index contributed by atoms with van der Waals surface area (Å²) in [6.45, 7) is 1.37. The molecule has 0 fully saturated rings. The van der Waals surface area contributed by atoms with E-state index in [0.717, 1.165) is 23.1 Å². The Balaban J connectivity index is 2.44. The number of benzene rings is 1. The van der Waals surface area contributed by atoms with Crippen LogP contribution >= 0.6 is 46.3 Å². The molecule has 1 aromatic carbocycles. The molecule has 2 aromatic rings. The van der Waals surface area contributed by atoms with Gasteiger partial charge >= 0.3 is 0 Å². The van der Waals surface area contributed by atoms with Crippen LogP contribution in [0.5, 0.6) is 0 Å². The number of nitrogens with zero attached hydrogens (tertiary/aromatic N) is 1. The molecule has 0 radical (unpaired) electrons. The Kier molecular flexibility index (Phi) is 4.70. The van der Waals surface area contributed by atoms with Gasteiger partial charge in [0.25, 0.3) is 5.69 Å². The molecule has 2 rings (SSSR count). The van der Waals surface area contributed by atoms with E-state index in [0.29, 0.717) is 24.0 Å². The van der Waals surface area contributed by atoms with E-state index in [1.54, 1.807) is 18.2 Å². The van der Waals surface area contributed by atoms with Gasteiger partial charge in [0.15, 0.2) is 5.78 Å². The van der Waals surface area contributed by atoms with Crippen LogP contribution in [-0.4, -0.2) is 10.7 Å². The molecule has 1 aromatic heterocycles. The van der Waals surface area contributed by atoms with Crippen molar-refractivity contribution in [3.8, 4) is 0 Å². The Morgan fingerprint density at radius 1 is 1.35 bits per heavy atom. The predicted octanol–water partition coefficient (Wildman–Crippen LogP) is 5.32. The molecule has 0 aliphatic heterocycles. The first kappa shape index (κ1) is 15.3. The Morgan fingerprint density at radius 2 is 2.05 bits per heavy atom. The number of nitro groups is 1. The summed E-state index contributed by atoms with van der Waals surface area (Å²) in [6, 6.07) is 6.18. The van der Waals surface area contributed by atoms with Crippen LogP contribution in [0.1, 0.15) is 16.6 Å². The number of Topliss-reactive ketones (excluding diaryl/α,β-unsaturated/α-hetero) is 1. The largest absolute Gasteiger partial charge is 0.294 e. The second-order valence-electron chi connectivity index (χ2n) is 3.77. The summed E-state index contributed by atoms with van der Waals surface area (Å²) in [6.07, 6.45) is 0. The normalized spacial score (nSPS) is 10.6. The molecule has 0 atom stereocenters. The maximum Gasteiger partial charge on any atom is 0.294 e. The molecule has 0 amide bonds. The molecule has 0 saturated heterocycles. The van der Waals surface area contributed by atoms with E-state index >= 15 is 0 Å². The number of hydrogen-bond donors (Lipinski definition) is 0. The SMILES string of the molecule is CC(=O)c1cc([N+](=O)[O-])c(Sc2cc(Cl)ccc2Cl)s1. The smallest absolute Gasteiger partial charge is 0.294 e. The minimum atomic E-state index is -0.510. The molecule has 0 spiro atoms. The minimum Gasteiger partial charge on any atom is -0.294 e. The Bertz CT molecular complexity index is 700. The van der Waals surface area contributed by atoms with Crippen molar-refractivity contribution >= 4 is 57.8 Å². The predicted molar refractivity (Wildman–Crippen MR) is 81.6 cm³/mol. The lowest BCUT2D eigenvalue weighted by atomic mass is 10.3. The molecular weight excluding hydrogens is 341 g/mol. The lowest BCUT2D eigenvalue weighted by molar-refractivity contribution is -0.387. The molecule has 104 valence electrons. The van der Waals surface area contributed by atoms with Crippen molar-refractivity contribution in [2.24, 2.45) is 0 Å². The lowest BCUT2D eigenvalue weighted by Crippen LogP contribution is -1.88. The van der Waals surface area contributed by atoms with Crippen molar-refractivity contribution in [1.82, 2.24) is 0 Å². The number of thiophene rings is 1. The number of carbonyl (C=O) groups is 1. The number of hydrogen-bond acceptors (Lipinski definition) is 5. The zero-order chi connectivity index (χ0) is 14.9. The van der Waals surface area contributed by atoms with E-state index in [1.807, 2.05) is 0 Å². The average Bonchev–Trinajstić information content (AvgIpc) is 2.78. The zero-order valence-corrected chi connectivity index (χ0v) is 13.2. The highest BCUT2D eigenvalue weighted by molar-refractivity contribution is 8.01. The van der Waals surface area contributed by atoms with Crippen LogP contribution in [0.3, 0.4) is 0 Å². The van der Waals surface area contributed by atoms with Crippen molar-refractivity contribution < 1.29 is 9.72 Å². The van der Waals surface area contributed by atoms with Crippen molar-refractivity contribution in [2.75, 3.05) is 0 Å². The summed E-state index contributed by atoms with van der Waals surface area (Å²) >= 11 is 14.1. The standard InChI is InChI=1S/C12H7Cl2NO3S2/c1-6(16)10-5-9(15(17)18)12(19-10)20-11-4-7(13)2-3-8(11)14/h2-5H,1H3. The average molecular weight is 348 g/mol. The van der Waals surface area contributed by atoms with Crippen LogP contribution in [0.15, 0.2) is 33.4 Å². The van der Waals surface area contributed by atoms with E-state index in [1.165, 1.54) is 13.0 Å². The van der Waals surface area contributed by atoms with E-state index in [4.69, 9.17) is 23.2 Å². The maximum atomic E-state index is 11.3. The maximum absolute atomic E-state index is 11.3. The highest BCUT2D eigenvalue weighted by Crippen LogP contribution is 2.44. The van der Waals surface area contributed by atoms with Crippen LogP contribution in [-0.2, 0) is 0 Å². The molecule has 0 aliphatic rings. The summed E-state index contributed by atoms with van der Waals surface area (Å²) in [4.78, 5) is 22.8. The molecule has 0 unspecified atom stereocenters. The van der Waals surface area contributed by atoms with Crippen molar-refractivity contribution in [3.63, 3.8) is 0 Å². The molecule has 0 aliphatic carbocycles. The Hall–Kier alpha value is -1.08. The molecule has 8 heteroatoms. The summed E-state index contributed by atoms with van der Waals surface area (Å²) in [5.74, 6) is -0.206. The highest BCUT2D eigenvalue weighted by atomic mass is 35.5. The van der Waals surface area contributed by atoms with Gasteiger partial charge in [0.05, 0.1) is 14.8 Å². The third-order valence-corrected chi connectivity index (χ3v) is 5.47. The van der Waals surface area contributed by atoms with Crippen LogP contribution in [0.4, 0.5) is 5.69 Å². The quantitative estimate of drug-likeness (QED) is 0.426. The number of carbonyl (C=O) groups excluding carboxylic acids is 1. The van der Waals surface area contributed by atoms with Gasteiger partial charge in [-0.05, 0) is 25.1 Å². The van der Waals surface area contributed by atoms with Crippen molar-refractivity contribution in [3.05, 3.63) is 49.3 Å². The van der Waals surface area contributed by atoms with Crippen LogP contribution in [0.25, 0.3) is 0 Å². The van der Waals surface area contributed by atoms with Gasteiger partial charge in [0, 0.05) is 16.0 Å². The van der Waals surface area contributed by atoms with Gasteiger partial charge in [-0.15, -0.1) is 11.3 Å². The summed E-state index contributed by atoms with van der Waals surface area (Å²) < 4.78 is 0.407.